The van der Waals surface area contributed by atoms with Gasteiger partial charge in [-0.15, -0.1) is 22.7 Å². The van der Waals surface area contributed by atoms with Crippen LogP contribution in [-0.4, -0.2) is 15.9 Å². The largest absolute Gasteiger partial charge is 0.380 e. The highest BCUT2D eigenvalue weighted by atomic mass is 32.1. The Morgan fingerprint density at radius 2 is 0.909 bits per heavy atom. The van der Waals surface area contributed by atoms with Gasteiger partial charge in [0.25, 0.3) is 0 Å². The Morgan fingerprint density at radius 1 is 0.545 bits per heavy atom. The van der Waals surface area contributed by atoms with Crippen molar-refractivity contribution in [3.8, 4) is 21.1 Å². The van der Waals surface area contributed by atoms with Gasteiger partial charge < -0.3 is 0 Å². The maximum atomic E-state index is 14.9. The van der Waals surface area contributed by atoms with Crippen molar-refractivity contribution in [2.75, 3.05) is 0 Å². The SMILES string of the molecule is FC1(F)c2c(c3sc(-c4ccccc4)nc3c3nc(-c4ccccc4)sc23)C(F)(F)C1(F)F. The Kier molecular flexibility index (Phi) is 4.09. The summed E-state index contributed by atoms with van der Waals surface area (Å²) in [6, 6.07) is 17.0. The number of aromatic nitrogens is 2. The summed E-state index contributed by atoms with van der Waals surface area (Å²) >= 11 is 1.37. The number of hydrogen-bond donors (Lipinski definition) is 0. The molecule has 166 valence electrons. The molecule has 2 aromatic heterocycles. The molecule has 3 aromatic carbocycles. The zero-order valence-electron chi connectivity index (χ0n) is 16.3. The first-order valence-corrected chi connectivity index (χ1v) is 11.3. The van der Waals surface area contributed by atoms with Gasteiger partial charge in [-0.3, -0.25) is 0 Å². The second-order valence-corrected chi connectivity index (χ2v) is 9.60. The van der Waals surface area contributed by atoms with Gasteiger partial charge in [0.15, 0.2) is 0 Å². The van der Waals surface area contributed by atoms with E-state index < -0.39 is 38.3 Å². The Balaban J connectivity index is 1.78. The quantitative estimate of drug-likeness (QED) is 0.233. The molecule has 5 aromatic rings. The van der Waals surface area contributed by atoms with Gasteiger partial charge in [-0.25, -0.2) is 9.97 Å². The summed E-state index contributed by atoms with van der Waals surface area (Å²) in [4.78, 5) is 8.79. The normalized spacial score (nSPS) is 18.1. The van der Waals surface area contributed by atoms with Crippen LogP contribution in [0.15, 0.2) is 60.7 Å². The van der Waals surface area contributed by atoms with Crippen LogP contribution in [0.1, 0.15) is 11.1 Å². The first-order chi connectivity index (χ1) is 15.6. The van der Waals surface area contributed by atoms with Crippen molar-refractivity contribution in [1.29, 1.82) is 0 Å². The molecule has 0 radical (unpaired) electrons. The van der Waals surface area contributed by atoms with Crippen molar-refractivity contribution in [3.63, 3.8) is 0 Å². The molecule has 0 atom stereocenters. The van der Waals surface area contributed by atoms with E-state index in [0.29, 0.717) is 33.8 Å². The average molecular weight is 492 g/mol. The highest BCUT2D eigenvalue weighted by Gasteiger charge is 2.80. The maximum Gasteiger partial charge on any atom is 0.380 e. The average Bonchev–Trinajstić information content (AvgIpc) is 3.45. The molecule has 6 rings (SSSR count). The second kappa shape index (κ2) is 6.54. The van der Waals surface area contributed by atoms with Crippen molar-refractivity contribution in [2.45, 2.75) is 17.8 Å². The molecular weight excluding hydrogens is 482 g/mol. The second-order valence-electron chi connectivity index (χ2n) is 7.60. The molecule has 0 N–H and O–H groups in total. The standard InChI is InChI=1S/C23H10F6N2S2/c24-21(25)13-14(22(26,27)23(21,28)29)18-16(31-20(33-18)12-9-5-2-6-10-12)15-17(13)32-19(30-15)11-7-3-1-4-8-11/h1-10H. The number of alkyl halides is 6. The van der Waals surface area contributed by atoms with E-state index in [2.05, 4.69) is 9.97 Å². The van der Waals surface area contributed by atoms with Crippen LogP contribution >= 0.6 is 22.7 Å². The minimum Gasteiger partial charge on any atom is -0.234 e. The molecule has 0 spiro atoms. The summed E-state index contributed by atoms with van der Waals surface area (Å²) in [5.41, 5.74) is -1.78. The van der Waals surface area contributed by atoms with Gasteiger partial charge in [-0.2, -0.15) is 26.3 Å². The van der Waals surface area contributed by atoms with Gasteiger partial charge in [-0.1, -0.05) is 60.7 Å². The van der Waals surface area contributed by atoms with E-state index >= 15 is 0 Å². The number of halogens is 6. The fourth-order valence-corrected chi connectivity index (χ4v) is 6.36. The van der Waals surface area contributed by atoms with E-state index in [9.17, 15) is 26.3 Å². The van der Waals surface area contributed by atoms with E-state index in [0.717, 1.165) is 0 Å². The summed E-state index contributed by atoms with van der Waals surface area (Å²) in [7, 11) is 0. The molecule has 0 amide bonds. The number of fused-ring (bicyclic) bond motifs is 6. The topological polar surface area (TPSA) is 25.8 Å². The predicted molar refractivity (Wildman–Crippen MR) is 116 cm³/mol. The molecule has 0 saturated carbocycles. The van der Waals surface area contributed by atoms with E-state index in [1.165, 1.54) is 0 Å². The Morgan fingerprint density at radius 3 is 1.27 bits per heavy atom. The van der Waals surface area contributed by atoms with E-state index in [1.54, 1.807) is 60.7 Å². The van der Waals surface area contributed by atoms with Crippen LogP contribution in [0.3, 0.4) is 0 Å². The summed E-state index contributed by atoms with van der Waals surface area (Å²) in [5.74, 6) is -15.7. The van der Waals surface area contributed by atoms with Crippen LogP contribution in [0.5, 0.6) is 0 Å². The van der Waals surface area contributed by atoms with Gasteiger partial charge in [0.2, 0.25) is 0 Å². The van der Waals surface area contributed by atoms with Crippen molar-refractivity contribution in [3.05, 3.63) is 71.8 Å². The van der Waals surface area contributed by atoms with Crippen molar-refractivity contribution < 1.29 is 26.3 Å². The highest BCUT2D eigenvalue weighted by Crippen LogP contribution is 2.67. The fraction of sp³-hybridized carbons (Fsp3) is 0.130. The summed E-state index contributed by atoms with van der Waals surface area (Å²) in [6.45, 7) is 0. The molecule has 0 bridgehead atoms. The van der Waals surface area contributed by atoms with Crippen molar-refractivity contribution in [1.82, 2.24) is 9.97 Å². The molecule has 2 heterocycles. The minimum atomic E-state index is -5.59. The number of benzene rings is 3. The Hall–Kier alpha value is -2.98. The zero-order valence-corrected chi connectivity index (χ0v) is 17.9. The first-order valence-electron chi connectivity index (χ1n) is 9.67. The maximum absolute atomic E-state index is 14.9. The summed E-state index contributed by atoms with van der Waals surface area (Å²) in [5, 5.41) is 0.507. The number of thiazole rings is 2. The van der Waals surface area contributed by atoms with Crippen molar-refractivity contribution >= 4 is 43.1 Å². The Bertz CT molecular complexity index is 1430. The lowest BCUT2D eigenvalue weighted by Crippen LogP contribution is -2.43. The Labute approximate surface area is 190 Å². The molecular formula is C23H10F6N2S2. The smallest absolute Gasteiger partial charge is 0.234 e. The van der Waals surface area contributed by atoms with Crippen molar-refractivity contribution in [2.24, 2.45) is 0 Å². The number of rotatable bonds is 2. The van der Waals surface area contributed by atoms with Crippen LogP contribution < -0.4 is 0 Å². The molecule has 10 heteroatoms. The van der Waals surface area contributed by atoms with Gasteiger partial charge in [-0.05, 0) is 0 Å². The molecule has 2 nitrogen and oxygen atoms in total. The van der Waals surface area contributed by atoms with Crippen LogP contribution in [0, 0.1) is 0 Å². The zero-order chi connectivity index (χ0) is 23.2. The third-order valence-corrected chi connectivity index (χ3v) is 7.88. The molecule has 1 aliphatic rings. The van der Waals surface area contributed by atoms with Crippen LogP contribution in [-0.2, 0) is 11.8 Å². The monoisotopic (exact) mass is 492 g/mol. The fourth-order valence-electron chi connectivity index (χ4n) is 4.05. The highest BCUT2D eigenvalue weighted by molar-refractivity contribution is 7.23. The van der Waals surface area contributed by atoms with Crippen LogP contribution in [0.4, 0.5) is 26.3 Å². The van der Waals surface area contributed by atoms with Crippen LogP contribution in [0.2, 0.25) is 0 Å². The van der Waals surface area contributed by atoms with Gasteiger partial charge >= 0.3 is 17.8 Å². The predicted octanol–water partition coefficient (Wildman–Crippen LogP) is 8.07. The first kappa shape index (κ1) is 20.6. The van der Waals surface area contributed by atoms with Gasteiger partial charge in [0.1, 0.15) is 21.0 Å². The third-order valence-electron chi connectivity index (χ3n) is 5.64. The molecule has 0 aliphatic heterocycles. The van der Waals surface area contributed by atoms with Gasteiger partial charge in [0.05, 0.1) is 20.5 Å². The molecule has 33 heavy (non-hydrogen) atoms. The third kappa shape index (κ3) is 2.56. The van der Waals surface area contributed by atoms with E-state index in [1.807, 2.05) is 0 Å². The van der Waals surface area contributed by atoms with Crippen LogP contribution in [0.25, 0.3) is 41.6 Å². The number of hydrogen-bond acceptors (Lipinski definition) is 4. The molecule has 0 saturated heterocycles. The van der Waals surface area contributed by atoms with E-state index in [-0.39, 0.29) is 21.0 Å². The minimum absolute atomic E-state index is 0.0841. The lowest BCUT2D eigenvalue weighted by molar-refractivity contribution is -0.301. The molecule has 1 aliphatic carbocycles. The molecule has 0 fully saturated rings. The lowest BCUT2D eigenvalue weighted by atomic mass is 10.1. The summed E-state index contributed by atoms with van der Waals surface area (Å²) < 4.78 is 87.9. The summed E-state index contributed by atoms with van der Waals surface area (Å²) in [6.07, 6.45) is 0. The van der Waals surface area contributed by atoms with E-state index in [4.69, 9.17) is 0 Å². The molecule has 0 unspecified atom stereocenters. The van der Waals surface area contributed by atoms with Gasteiger partial charge in [0, 0.05) is 11.1 Å². The lowest BCUT2D eigenvalue weighted by Gasteiger charge is -2.23. The number of nitrogens with zero attached hydrogens (tertiary/aromatic N) is 2.